The molecule has 9 heteroatoms. The van der Waals surface area contributed by atoms with Gasteiger partial charge in [0.1, 0.15) is 0 Å². The highest BCUT2D eigenvalue weighted by atomic mass is 16.5. The van der Waals surface area contributed by atoms with E-state index < -0.39 is 0 Å². The first kappa shape index (κ1) is 18.6. The van der Waals surface area contributed by atoms with Crippen LogP contribution in [0.5, 0.6) is 0 Å². The summed E-state index contributed by atoms with van der Waals surface area (Å²) in [5.41, 5.74) is 1.28. The van der Waals surface area contributed by atoms with Crippen LogP contribution in [-0.4, -0.2) is 50.5 Å². The van der Waals surface area contributed by atoms with Gasteiger partial charge in [-0.05, 0) is 25.7 Å². The zero-order chi connectivity index (χ0) is 19.7. The minimum atomic E-state index is -0.136. The molecule has 1 atom stereocenters. The fraction of sp³-hybridized carbons (Fsp3) is 0.632. The Bertz CT molecular complexity index is 921. The third-order valence-corrected chi connectivity index (χ3v) is 5.49. The Morgan fingerprint density at radius 2 is 2.18 bits per heavy atom. The molecule has 1 amide bonds. The first-order chi connectivity index (χ1) is 13.5. The maximum Gasteiger partial charge on any atom is 0.257 e. The molecule has 1 unspecified atom stereocenters. The summed E-state index contributed by atoms with van der Waals surface area (Å²) in [5, 5.41) is 3.73. The number of aromatic amines is 1. The van der Waals surface area contributed by atoms with Gasteiger partial charge in [-0.25, -0.2) is 4.98 Å². The van der Waals surface area contributed by atoms with Gasteiger partial charge in [-0.1, -0.05) is 12.1 Å². The van der Waals surface area contributed by atoms with E-state index in [1.807, 2.05) is 0 Å². The molecule has 2 aromatic heterocycles. The highest BCUT2D eigenvalue weighted by molar-refractivity contribution is 5.76. The Hall–Kier alpha value is -2.71. The molecule has 0 bridgehead atoms. The van der Waals surface area contributed by atoms with Gasteiger partial charge >= 0.3 is 0 Å². The minimum Gasteiger partial charge on any atom is -0.342 e. The summed E-state index contributed by atoms with van der Waals surface area (Å²) in [6, 6.07) is 0. The molecule has 28 heavy (non-hydrogen) atoms. The number of amides is 1. The van der Waals surface area contributed by atoms with Crippen LogP contribution in [0.1, 0.15) is 49.2 Å². The van der Waals surface area contributed by atoms with Crippen molar-refractivity contribution < 1.29 is 9.32 Å². The highest BCUT2D eigenvalue weighted by Gasteiger charge is 2.26. The minimum absolute atomic E-state index is 0.0187. The Labute approximate surface area is 163 Å². The molecule has 1 N–H and O–H groups in total. The summed E-state index contributed by atoms with van der Waals surface area (Å²) in [4.78, 5) is 40.9. The number of piperidine rings is 1. The summed E-state index contributed by atoms with van der Waals surface area (Å²) < 4.78 is 5.05. The zero-order valence-corrected chi connectivity index (χ0v) is 16.4. The van der Waals surface area contributed by atoms with E-state index in [-0.39, 0.29) is 17.9 Å². The van der Waals surface area contributed by atoms with Gasteiger partial charge in [-0.3, -0.25) is 14.6 Å². The average Bonchev–Trinajstić information content (AvgIpc) is 3.11. The van der Waals surface area contributed by atoms with Crippen molar-refractivity contribution in [3.05, 3.63) is 33.3 Å². The first-order valence-corrected chi connectivity index (χ1v) is 9.93. The molecule has 2 aliphatic heterocycles. The average molecular weight is 386 g/mol. The highest BCUT2D eigenvalue weighted by Crippen LogP contribution is 2.22. The second-order valence-electron chi connectivity index (χ2n) is 7.81. The molecule has 0 aromatic carbocycles. The van der Waals surface area contributed by atoms with Gasteiger partial charge in [0.2, 0.25) is 17.7 Å². The van der Waals surface area contributed by atoms with Gasteiger partial charge in [0, 0.05) is 38.9 Å². The maximum absolute atomic E-state index is 12.7. The molecule has 2 aromatic rings. The molecule has 0 saturated carbocycles. The van der Waals surface area contributed by atoms with Gasteiger partial charge in [-0.2, -0.15) is 4.98 Å². The number of hydrogen-bond acceptors (Lipinski definition) is 7. The van der Waals surface area contributed by atoms with Crippen LogP contribution in [-0.2, 0) is 24.2 Å². The SMILES string of the molecule is Cc1noc(CCC(=O)N2CCc3nc(N4CCCC(C)C4)[nH]c(=O)c3C2)n1. The molecule has 0 spiro atoms. The molecule has 1 saturated heterocycles. The van der Waals surface area contributed by atoms with Crippen LogP contribution in [0.4, 0.5) is 5.95 Å². The van der Waals surface area contributed by atoms with Crippen LogP contribution in [0.2, 0.25) is 0 Å². The standard InChI is InChI=1S/C19H26N6O3/c1-12-4-3-8-25(10-12)19-21-15-7-9-24(11-14(15)18(27)22-19)17(26)6-5-16-20-13(2)23-28-16/h12H,3-11H2,1-2H3,(H,21,22,27). The number of aryl methyl sites for hydroxylation is 2. The number of aromatic nitrogens is 4. The number of fused-ring (bicyclic) bond motifs is 1. The van der Waals surface area contributed by atoms with Crippen molar-refractivity contribution >= 4 is 11.9 Å². The number of carbonyl (C=O) groups is 1. The molecule has 150 valence electrons. The van der Waals surface area contributed by atoms with E-state index in [0.29, 0.717) is 55.1 Å². The van der Waals surface area contributed by atoms with E-state index in [4.69, 9.17) is 9.51 Å². The van der Waals surface area contributed by atoms with E-state index in [9.17, 15) is 9.59 Å². The summed E-state index contributed by atoms with van der Waals surface area (Å²) >= 11 is 0. The van der Waals surface area contributed by atoms with E-state index in [0.717, 1.165) is 25.2 Å². The lowest BCUT2D eigenvalue weighted by Gasteiger charge is -2.33. The second-order valence-corrected chi connectivity index (χ2v) is 7.81. The van der Waals surface area contributed by atoms with Crippen molar-refractivity contribution in [2.24, 2.45) is 5.92 Å². The zero-order valence-electron chi connectivity index (χ0n) is 16.4. The third-order valence-electron chi connectivity index (χ3n) is 5.49. The lowest BCUT2D eigenvalue weighted by atomic mass is 10.0. The number of nitrogens with zero attached hydrogens (tertiary/aromatic N) is 5. The molecule has 9 nitrogen and oxygen atoms in total. The van der Waals surface area contributed by atoms with Crippen LogP contribution in [0.3, 0.4) is 0 Å². The fourth-order valence-electron chi connectivity index (χ4n) is 3.97. The maximum atomic E-state index is 12.7. The van der Waals surface area contributed by atoms with Crippen LogP contribution in [0.15, 0.2) is 9.32 Å². The lowest BCUT2D eigenvalue weighted by molar-refractivity contribution is -0.132. The number of H-pyrrole nitrogens is 1. The monoisotopic (exact) mass is 386 g/mol. The number of hydrogen-bond donors (Lipinski definition) is 1. The summed E-state index contributed by atoms with van der Waals surface area (Å²) in [6.45, 7) is 6.68. The van der Waals surface area contributed by atoms with Crippen LogP contribution < -0.4 is 10.5 Å². The Morgan fingerprint density at radius 1 is 1.32 bits per heavy atom. The Kier molecular flexibility index (Phi) is 5.15. The summed E-state index contributed by atoms with van der Waals surface area (Å²) in [7, 11) is 0. The molecule has 4 heterocycles. The Balaban J connectivity index is 1.43. The quantitative estimate of drug-likeness (QED) is 0.841. The van der Waals surface area contributed by atoms with Crippen LogP contribution in [0, 0.1) is 12.8 Å². The molecule has 0 aliphatic carbocycles. The van der Waals surface area contributed by atoms with E-state index >= 15 is 0 Å². The normalized spacial score (nSPS) is 19.6. The lowest BCUT2D eigenvalue weighted by Crippen LogP contribution is -2.41. The predicted molar refractivity (Wildman–Crippen MR) is 102 cm³/mol. The molecule has 1 fully saturated rings. The number of carbonyl (C=O) groups excluding carboxylic acids is 1. The van der Waals surface area contributed by atoms with Gasteiger partial charge in [0.25, 0.3) is 5.56 Å². The van der Waals surface area contributed by atoms with Gasteiger partial charge < -0.3 is 14.3 Å². The fourth-order valence-corrected chi connectivity index (χ4v) is 3.97. The topological polar surface area (TPSA) is 108 Å². The van der Waals surface area contributed by atoms with Crippen molar-refractivity contribution in [2.45, 2.75) is 52.5 Å². The first-order valence-electron chi connectivity index (χ1n) is 9.93. The van der Waals surface area contributed by atoms with Gasteiger partial charge in [0.15, 0.2) is 5.82 Å². The molecular formula is C19H26N6O3. The number of nitrogens with one attached hydrogen (secondary N) is 1. The molecular weight excluding hydrogens is 360 g/mol. The molecule has 2 aliphatic rings. The second kappa shape index (κ2) is 7.73. The van der Waals surface area contributed by atoms with E-state index in [1.165, 1.54) is 6.42 Å². The summed E-state index contributed by atoms with van der Waals surface area (Å²) in [5.74, 6) is 2.27. The molecule has 4 rings (SSSR count). The largest absolute Gasteiger partial charge is 0.342 e. The van der Waals surface area contributed by atoms with Crippen molar-refractivity contribution in [1.29, 1.82) is 0 Å². The Morgan fingerprint density at radius 3 is 2.93 bits per heavy atom. The van der Waals surface area contributed by atoms with Crippen molar-refractivity contribution in [3.8, 4) is 0 Å². The van der Waals surface area contributed by atoms with Crippen molar-refractivity contribution in [3.63, 3.8) is 0 Å². The van der Waals surface area contributed by atoms with Crippen molar-refractivity contribution in [2.75, 3.05) is 24.5 Å². The van der Waals surface area contributed by atoms with Gasteiger partial charge in [-0.15, -0.1) is 0 Å². The molecule has 0 radical (unpaired) electrons. The van der Waals surface area contributed by atoms with Crippen molar-refractivity contribution in [1.82, 2.24) is 25.0 Å². The summed E-state index contributed by atoms with van der Waals surface area (Å²) in [6.07, 6.45) is 3.62. The van der Waals surface area contributed by atoms with Crippen LogP contribution >= 0.6 is 0 Å². The van der Waals surface area contributed by atoms with Gasteiger partial charge in [0.05, 0.1) is 17.8 Å². The van der Waals surface area contributed by atoms with Crippen LogP contribution in [0.25, 0.3) is 0 Å². The van der Waals surface area contributed by atoms with E-state index in [1.54, 1.807) is 11.8 Å². The smallest absolute Gasteiger partial charge is 0.257 e. The third kappa shape index (κ3) is 3.93. The number of anilines is 1. The predicted octanol–water partition coefficient (Wildman–Crippen LogP) is 1.22. The number of rotatable bonds is 4. The van der Waals surface area contributed by atoms with E-state index in [2.05, 4.69) is 26.9 Å².